The Labute approximate surface area is 89.2 Å². The van der Waals surface area contributed by atoms with Gasteiger partial charge in [0.25, 0.3) is 0 Å². The fraction of sp³-hybridized carbons (Fsp3) is 0.273. The molecular weight excluding hydrogens is 203 g/mol. The highest BCUT2D eigenvalue weighted by atomic mass is 35.5. The Morgan fingerprint density at radius 2 is 1.85 bits per heavy atom. The predicted octanol–water partition coefficient (Wildman–Crippen LogP) is 4.42. The van der Waals surface area contributed by atoms with E-state index in [1.807, 2.05) is 25.1 Å². The van der Waals surface area contributed by atoms with E-state index in [4.69, 9.17) is 23.2 Å². The van der Waals surface area contributed by atoms with Crippen LogP contribution in [0.3, 0.4) is 0 Å². The molecule has 0 nitrogen and oxygen atoms in total. The lowest BCUT2D eigenvalue weighted by atomic mass is 10.1. The summed E-state index contributed by atoms with van der Waals surface area (Å²) in [5, 5.41) is 1.48. The van der Waals surface area contributed by atoms with Crippen molar-refractivity contribution in [1.29, 1.82) is 0 Å². The van der Waals surface area contributed by atoms with E-state index in [1.165, 1.54) is 5.56 Å². The molecule has 0 spiro atoms. The van der Waals surface area contributed by atoms with Crippen LogP contribution in [0.4, 0.5) is 0 Å². The second kappa shape index (κ2) is 4.69. The van der Waals surface area contributed by atoms with Crippen LogP contribution in [-0.2, 0) is 6.42 Å². The third-order valence-electron chi connectivity index (χ3n) is 1.98. The second-order valence-electron chi connectivity index (χ2n) is 3.01. The normalized spacial score (nSPS) is 10.1. The van der Waals surface area contributed by atoms with Gasteiger partial charge in [0.05, 0.1) is 0 Å². The molecular formula is C11H12Cl2. The zero-order chi connectivity index (χ0) is 9.84. The first kappa shape index (κ1) is 10.6. The zero-order valence-corrected chi connectivity index (χ0v) is 9.12. The number of allylic oxidation sites excluding steroid dienone is 1. The van der Waals surface area contributed by atoms with Gasteiger partial charge in [-0.25, -0.2) is 0 Å². The summed E-state index contributed by atoms with van der Waals surface area (Å²) in [4.78, 5) is 0. The lowest BCUT2D eigenvalue weighted by Crippen LogP contribution is -1.86. The molecule has 0 atom stereocenters. The maximum Gasteiger partial charge on any atom is 0.0452 e. The molecule has 0 heterocycles. The fourth-order valence-electron chi connectivity index (χ4n) is 1.11. The second-order valence-corrected chi connectivity index (χ2v) is 3.83. The molecule has 0 amide bonds. The van der Waals surface area contributed by atoms with Gasteiger partial charge < -0.3 is 0 Å². The van der Waals surface area contributed by atoms with Crippen LogP contribution in [0, 0.1) is 6.92 Å². The van der Waals surface area contributed by atoms with Crippen molar-refractivity contribution < 1.29 is 0 Å². The molecule has 0 aliphatic heterocycles. The maximum atomic E-state index is 5.99. The highest BCUT2D eigenvalue weighted by Gasteiger charge is 2.02. The summed E-state index contributed by atoms with van der Waals surface area (Å²) < 4.78 is 0. The van der Waals surface area contributed by atoms with Crippen molar-refractivity contribution in [3.05, 3.63) is 46.0 Å². The van der Waals surface area contributed by atoms with Crippen LogP contribution in [0.5, 0.6) is 0 Å². The van der Waals surface area contributed by atoms with Gasteiger partial charge in [-0.2, -0.15) is 0 Å². The van der Waals surface area contributed by atoms with Gasteiger partial charge >= 0.3 is 0 Å². The largest absolute Gasteiger partial charge is 0.103 e. The number of aryl methyl sites for hydroxylation is 1. The van der Waals surface area contributed by atoms with E-state index in [9.17, 15) is 0 Å². The van der Waals surface area contributed by atoms with Crippen molar-refractivity contribution in [2.45, 2.75) is 19.8 Å². The quantitative estimate of drug-likeness (QED) is 0.654. The third kappa shape index (κ3) is 2.75. The Morgan fingerprint density at radius 1 is 1.31 bits per heavy atom. The Bertz CT molecular complexity index is 293. The summed E-state index contributed by atoms with van der Waals surface area (Å²) in [6.07, 6.45) is 3.79. The standard InChI is InChI=1S/C11H12Cl2/c1-3-4-5-9-6-10(12)8(2)11(13)7-9/h3,6-7H,1,4-5H2,2H3. The Morgan fingerprint density at radius 3 is 2.31 bits per heavy atom. The number of rotatable bonds is 3. The molecule has 13 heavy (non-hydrogen) atoms. The minimum Gasteiger partial charge on any atom is -0.103 e. The zero-order valence-electron chi connectivity index (χ0n) is 7.61. The van der Waals surface area contributed by atoms with Crippen LogP contribution in [0.25, 0.3) is 0 Å². The molecule has 70 valence electrons. The smallest absolute Gasteiger partial charge is 0.0452 e. The van der Waals surface area contributed by atoms with Crippen molar-refractivity contribution in [2.75, 3.05) is 0 Å². The molecule has 0 unspecified atom stereocenters. The van der Waals surface area contributed by atoms with Gasteiger partial charge in [0.15, 0.2) is 0 Å². The lowest BCUT2D eigenvalue weighted by Gasteiger charge is -2.04. The van der Waals surface area contributed by atoms with Crippen LogP contribution in [0.1, 0.15) is 17.5 Å². The van der Waals surface area contributed by atoms with Crippen molar-refractivity contribution in [3.63, 3.8) is 0 Å². The summed E-state index contributed by atoms with van der Waals surface area (Å²) >= 11 is 12.0. The highest BCUT2D eigenvalue weighted by molar-refractivity contribution is 6.36. The average Bonchev–Trinajstić information content (AvgIpc) is 2.10. The summed E-state index contributed by atoms with van der Waals surface area (Å²) in [6, 6.07) is 3.93. The number of hydrogen-bond donors (Lipinski definition) is 0. The highest BCUT2D eigenvalue weighted by Crippen LogP contribution is 2.25. The van der Waals surface area contributed by atoms with Gasteiger partial charge in [-0.1, -0.05) is 29.3 Å². The van der Waals surface area contributed by atoms with E-state index in [-0.39, 0.29) is 0 Å². The van der Waals surface area contributed by atoms with Gasteiger partial charge in [-0.05, 0) is 43.0 Å². The van der Waals surface area contributed by atoms with Crippen LogP contribution in [0.2, 0.25) is 10.0 Å². The molecule has 0 fully saturated rings. The summed E-state index contributed by atoms with van der Waals surface area (Å²) in [7, 11) is 0. The predicted molar refractivity (Wildman–Crippen MR) is 59.7 cm³/mol. The third-order valence-corrected chi connectivity index (χ3v) is 2.76. The van der Waals surface area contributed by atoms with Crippen molar-refractivity contribution in [3.8, 4) is 0 Å². The van der Waals surface area contributed by atoms with Gasteiger partial charge in [0.1, 0.15) is 0 Å². The molecule has 2 heteroatoms. The molecule has 0 saturated heterocycles. The first-order chi connectivity index (χ1) is 6.15. The minimum absolute atomic E-state index is 0.742. The van der Waals surface area contributed by atoms with E-state index in [1.54, 1.807) is 0 Å². The Balaban J connectivity index is 2.92. The van der Waals surface area contributed by atoms with Crippen molar-refractivity contribution in [1.82, 2.24) is 0 Å². The van der Waals surface area contributed by atoms with Gasteiger partial charge in [-0.3, -0.25) is 0 Å². The first-order valence-electron chi connectivity index (χ1n) is 4.20. The number of hydrogen-bond acceptors (Lipinski definition) is 0. The first-order valence-corrected chi connectivity index (χ1v) is 4.96. The van der Waals surface area contributed by atoms with Crippen LogP contribution < -0.4 is 0 Å². The van der Waals surface area contributed by atoms with E-state index < -0.39 is 0 Å². The minimum atomic E-state index is 0.742. The lowest BCUT2D eigenvalue weighted by molar-refractivity contribution is 1.00. The molecule has 0 bridgehead atoms. The molecule has 0 aliphatic carbocycles. The topological polar surface area (TPSA) is 0 Å². The number of benzene rings is 1. The van der Waals surface area contributed by atoms with E-state index in [2.05, 4.69) is 6.58 Å². The Kier molecular flexibility index (Phi) is 3.83. The monoisotopic (exact) mass is 214 g/mol. The SMILES string of the molecule is C=CCCc1cc(Cl)c(C)c(Cl)c1. The summed E-state index contributed by atoms with van der Waals surface area (Å²) in [6.45, 7) is 5.59. The van der Waals surface area contributed by atoms with Crippen molar-refractivity contribution in [2.24, 2.45) is 0 Å². The van der Waals surface area contributed by atoms with Crippen molar-refractivity contribution >= 4 is 23.2 Å². The maximum absolute atomic E-state index is 5.99. The molecule has 0 saturated carbocycles. The Hall–Kier alpha value is -0.460. The molecule has 1 aromatic carbocycles. The summed E-state index contributed by atoms with van der Waals surface area (Å²) in [5.41, 5.74) is 2.12. The van der Waals surface area contributed by atoms with E-state index >= 15 is 0 Å². The van der Waals surface area contributed by atoms with E-state index in [0.717, 1.165) is 28.5 Å². The number of halogens is 2. The van der Waals surface area contributed by atoms with Crippen LogP contribution in [-0.4, -0.2) is 0 Å². The molecule has 0 N–H and O–H groups in total. The van der Waals surface area contributed by atoms with Crippen LogP contribution >= 0.6 is 23.2 Å². The van der Waals surface area contributed by atoms with Gasteiger partial charge in [0.2, 0.25) is 0 Å². The van der Waals surface area contributed by atoms with Gasteiger partial charge in [0, 0.05) is 10.0 Å². The molecule has 1 rings (SSSR count). The van der Waals surface area contributed by atoms with Gasteiger partial charge in [-0.15, -0.1) is 6.58 Å². The fourth-order valence-corrected chi connectivity index (χ4v) is 1.64. The molecule has 1 aromatic rings. The molecule has 0 aromatic heterocycles. The molecule has 0 radical (unpaired) electrons. The molecule has 0 aliphatic rings. The van der Waals surface area contributed by atoms with Crippen LogP contribution in [0.15, 0.2) is 24.8 Å². The average molecular weight is 215 g/mol. The summed E-state index contributed by atoms with van der Waals surface area (Å²) in [5.74, 6) is 0. The van der Waals surface area contributed by atoms with E-state index in [0.29, 0.717) is 0 Å².